The number of nitrogens with zero attached hydrogens (tertiary/aromatic N) is 2. The second-order valence-electron chi connectivity index (χ2n) is 8.06. The molecule has 4 rings (SSSR count). The maximum atomic E-state index is 12.8. The second-order valence-corrected chi connectivity index (χ2v) is 8.91. The maximum Gasteiger partial charge on any atom is 0.336 e. The van der Waals surface area contributed by atoms with E-state index in [0.29, 0.717) is 44.4 Å². The predicted molar refractivity (Wildman–Crippen MR) is 135 cm³/mol. The Morgan fingerprint density at radius 3 is 2.25 bits per heavy atom. The molecule has 3 aromatic rings. The number of methoxy groups -OCH3 is 2. The number of carbonyl (C=O) groups is 2. The van der Waals surface area contributed by atoms with Crippen LogP contribution in [0.25, 0.3) is 21.8 Å². The van der Waals surface area contributed by atoms with E-state index in [2.05, 4.69) is 10.3 Å². The van der Waals surface area contributed by atoms with Crippen LogP contribution in [-0.4, -0.2) is 36.1 Å². The zero-order valence-electron chi connectivity index (χ0n) is 20.0. The lowest BCUT2D eigenvalue weighted by Gasteiger charge is -2.30. The number of nitrogens with one attached hydrogen (secondary N) is 1. The quantitative estimate of drug-likeness (QED) is 0.283. The van der Waals surface area contributed by atoms with E-state index in [9.17, 15) is 19.7 Å². The Hall–Kier alpha value is -4.31. The number of carbonyl (C=O) groups excluding carboxylic acids is 2. The fourth-order valence-electron chi connectivity index (χ4n) is 4.32. The van der Waals surface area contributed by atoms with Gasteiger partial charge in [-0.2, -0.15) is 0 Å². The van der Waals surface area contributed by atoms with Crippen LogP contribution in [0.5, 0.6) is 0 Å². The van der Waals surface area contributed by atoms with E-state index in [4.69, 9.17) is 9.47 Å². The number of ether oxygens (including phenoxy) is 2. The Morgan fingerprint density at radius 2 is 1.64 bits per heavy atom. The van der Waals surface area contributed by atoms with E-state index < -0.39 is 22.8 Å². The van der Waals surface area contributed by atoms with Gasteiger partial charge in [-0.15, -0.1) is 11.3 Å². The molecule has 1 N–H and O–H groups in total. The number of para-hydroxylation sites is 1. The standard InChI is InChI=1S/C26H23N3O6S/c1-14-21(25(30)34-3)23(22(15(2)27-14)26(31)35-4)16-8-7-9-17(12-16)24-28-19(13-36-24)18-10-5-6-11-20(18)29(32)33/h5-13,23,27H,1-4H3. The summed E-state index contributed by atoms with van der Waals surface area (Å²) in [5, 5.41) is 16.9. The maximum absolute atomic E-state index is 12.8. The molecule has 1 aliphatic heterocycles. The van der Waals surface area contributed by atoms with Gasteiger partial charge in [-0.1, -0.05) is 30.3 Å². The Kier molecular flexibility index (Phi) is 6.98. The third-order valence-corrected chi connectivity index (χ3v) is 6.81. The molecule has 0 unspecified atom stereocenters. The van der Waals surface area contributed by atoms with Gasteiger partial charge in [-0.25, -0.2) is 14.6 Å². The summed E-state index contributed by atoms with van der Waals surface area (Å²) in [6, 6.07) is 13.8. The van der Waals surface area contributed by atoms with Gasteiger partial charge in [0.25, 0.3) is 5.69 Å². The van der Waals surface area contributed by atoms with Crippen molar-refractivity contribution in [2.45, 2.75) is 19.8 Å². The summed E-state index contributed by atoms with van der Waals surface area (Å²) in [6.07, 6.45) is 0. The summed E-state index contributed by atoms with van der Waals surface area (Å²) in [5.74, 6) is -1.84. The van der Waals surface area contributed by atoms with Gasteiger partial charge in [-0.05, 0) is 31.5 Å². The Balaban J connectivity index is 1.81. The monoisotopic (exact) mass is 505 g/mol. The number of rotatable bonds is 6. The first kappa shape index (κ1) is 24.8. The molecular weight excluding hydrogens is 482 g/mol. The highest BCUT2D eigenvalue weighted by Crippen LogP contribution is 2.41. The molecule has 36 heavy (non-hydrogen) atoms. The lowest BCUT2D eigenvalue weighted by atomic mass is 9.80. The fraction of sp³-hybridized carbons (Fsp3) is 0.192. The van der Waals surface area contributed by atoms with Gasteiger partial charge in [0.15, 0.2) is 0 Å². The molecule has 10 heteroatoms. The summed E-state index contributed by atoms with van der Waals surface area (Å²) in [6.45, 7) is 3.50. The molecule has 2 aromatic carbocycles. The van der Waals surface area contributed by atoms with Gasteiger partial charge in [0.2, 0.25) is 0 Å². The van der Waals surface area contributed by atoms with Crippen molar-refractivity contribution >= 4 is 29.0 Å². The zero-order chi connectivity index (χ0) is 26.0. The van der Waals surface area contributed by atoms with Crippen molar-refractivity contribution in [3.63, 3.8) is 0 Å². The van der Waals surface area contributed by atoms with Crippen molar-refractivity contribution < 1.29 is 24.0 Å². The van der Waals surface area contributed by atoms with Crippen LogP contribution < -0.4 is 5.32 Å². The summed E-state index contributed by atoms with van der Waals surface area (Å²) in [4.78, 5) is 41.2. The molecule has 1 aromatic heterocycles. The van der Waals surface area contributed by atoms with Crippen LogP contribution in [0.15, 0.2) is 76.5 Å². The number of thiazole rings is 1. The van der Waals surface area contributed by atoms with Gasteiger partial charge in [-0.3, -0.25) is 10.1 Å². The third-order valence-electron chi connectivity index (χ3n) is 5.92. The van der Waals surface area contributed by atoms with Crippen molar-refractivity contribution in [1.29, 1.82) is 0 Å². The van der Waals surface area contributed by atoms with Gasteiger partial charge in [0.05, 0.1) is 47.5 Å². The van der Waals surface area contributed by atoms with Crippen LogP contribution in [0, 0.1) is 10.1 Å². The van der Waals surface area contributed by atoms with Gasteiger partial charge < -0.3 is 14.8 Å². The summed E-state index contributed by atoms with van der Waals surface area (Å²) < 4.78 is 10.1. The average molecular weight is 506 g/mol. The first-order chi connectivity index (χ1) is 17.3. The largest absolute Gasteiger partial charge is 0.466 e. The molecule has 1 aliphatic rings. The highest BCUT2D eigenvalue weighted by Gasteiger charge is 2.37. The van der Waals surface area contributed by atoms with E-state index in [0.717, 1.165) is 5.56 Å². The molecular formula is C26H23N3O6S. The predicted octanol–water partition coefficient (Wildman–Crippen LogP) is 4.97. The molecule has 2 heterocycles. The second kappa shape index (κ2) is 10.1. The van der Waals surface area contributed by atoms with E-state index >= 15 is 0 Å². The van der Waals surface area contributed by atoms with Gasteiger partial charge in [0, 0.05) is 28.4 Å². The number of hydrogen-bond donors (Lipinski definition) is 1. The smallest absolute Gasteiger partial charge is 0.336 e. The molecule has 0 radical (unpaired) electrons. The van der Waals surface area contributed by atoms with Crippen LogP contribution in [0.1, 0.15) is 25.3 Å². The lowest BCUT2D eigenvalue weighted by Crippen LogP contribution is -2.32. The first-order valence-corrected chi connectivity index (χ1v) is 11.8. The topological polar surface area (TPSA) is 121 Å². The van der Waals surface area contributed by atoms with Crippen molar-refractivity contribution in [3.05, 3.63) is 92.1 Å². The fourth-order valence-corrected chi connectivity index (χ4v) is 5.14. The highest BCUT2D eigenvalue weighted by molar-refractivity contribution is 7.13. The number of benzene rings is 2. The SMILES string of the molecule is COC(=O)C1=C(C)NC(C)=C(C(=O)OC)C1c1cccc(-c2nc(-c3ccccc3[N+](=O)[O-])cs2)c1. The van der Waals surface area contributed by atoms with Crippen molar-refractivity contribution in [2.24, 2.45) is 0 Å². The minimum Gasteiger partial charge on any atom is -0.466 e. The first-order valence-electron chi connectivity index (χ1n) is 10.9. The van der Waals surface area contributed by atoms with Crippen LogP contribution in [0.4, 0.5) is 5.69 Å². The number of nitro groups is 1. The number of hydrogen-bond acceptors (Lipinski definition) is 9. The molecule has 0 saturated carbocycles. The van der Waals surface area contributed by atoms with Gasteiger partial charge >= 0.3 is 11.9 Å². The lowest BCUT2D eigenvalue weighted by molar-refractivity contribution is -0.384. The Bertz CT molecular complexity index is 1400. The summed E-state index contributed by atoms with van der Waals surface area (Å²) >= 11 is 1.34. The van der Waals surface area contributed by atoms with Crippen molar-refractivity contribution in [3.8, 4) is 21.8 Å². The Morgan fingerprint density at radius 1 is 1.00 bits per heavy atom. The molecule has 0 bridgehead atoms. The highest BCUT2D eigenvalue weighted by atomic mass is 32.1. The van der Waals surface area contributed by atoms with Crippen LogP contribution in [0.3, 0.4) is 0 Å². The molecule has 0 amide bonds. The molecule has 0 fully saturated rings. The van der Waals surface area contributed by atoms with Gasteiger partial charge in [0.1, 0.15) is 5.01 Å². The third kappa shape index (κ3) is 4.50. The normalized spacial score (nSPS) is 13.9. The van der Waals surface area contributed by atoms with E-state index in [1.165, 1.54) is 31.6 Å². The summed E-state index contributed by atoms with van der Waals surface area (Å²) in [5.41, 5.74) is 4.08. The summed E-state index contributed by atoms with van der Waals surface area (Å²) in [7, 11) is 2.58. The number of allylic oxidation sites excluding steroid dienone is 2. The van der Waals surface area contributed by atoms with Crippen LogP contribution >= 0.6 is 11.3 Å². The molecule has 0 atom stereocenters. The molecule has 0 saturated heterocycles. The number of esters is 2. The molecule has 184 valence electrons. The minimum absolute atomic E-state index is 0.0236. The number of aromatic nitrogens is 1. The van der Waals surface area contributed by atoms with Crippen molar-refractivity contribution in [1.82, 2.24) is 10.3 Å². The van der Waals surface area contributed by atoms with Crippen LogP contribution in [-0.2, 0) is 19.1 Å². The van der Waals surface area contributed by atoms with Crippen LogP contribution in [0.2, 0.25) is 0 Å². The zero-order valence-corrected chi connectivity index (χ0v) is 20.8. The minimum atomic E-state index is -0.722. The molecule has 0 aliphatic carbocycles. The average Bonchev–Trinajstić information content (AvgIpc) is 3.38. The molecule has 0 spiro atoms. The number of dihydropyridines is 1. The van der Waals surface area contributed by atoms with E-state index in [1.807, 2.05) is 24.3 Å². The molecule has 9 nitrogen and oxygen atoms in total. The Labute approximate surface area is 211 Å². The number of nitro benzene ring substituents is 1. The van der Waals surface area contributed by atoms with E-state index in [-0.39, 0.29) is 5.69 Å². The van der Waals surface area contributed by atoms with E-state index in [1.54, 1.807) is 37.4 Å². The van der Waals surface area contributed by atoms with Crippen molar-refractivity contribution in [2.75, 3.05) is 14.2 Å².